The van der Waals surface area contributed by atoms with Crippen molar-refractivity contribution < 1.29 is 15.0 Å². The van der Waals surface area contributed by atoms with Crippen LogP contribution in [0.4, 0.5) is 0 Å². The summed E-state index contributed by atoms with van der Waals surface area (Å²) in [6.07, 6.45) is -2.82. The van der Waals surface area contributed by atoms with Crippen LogP contribution < -0.4 is 0 Å². The molecule has 4 rings (SSSR count). The lowest BCUT2D eigenvalue weighted by Crippen LogP contribution is -2.52. The van der Waals surface area contributed by atoms with Gasteiger partial charge in [-0.2, -0.15) is 0 Å². The molecule has 1 aliphatic rings. The number of nitrogens with zero attached hydrogens (tertiary/aromatic N) is 3. The highest BCUT2D eigenvalue weighted by Gasteiger charge is 2.33. The van der Waals surface area contributed by atoms with Crippen molar-refractivity contribution in [1.82, 2.24) is 14.8 Å². The van der Waals surface area contributed by atoms with Crippen molar-refractivity contribution >= 4 is 27.5 Å². The summed E-state index contributed by atoms with van der Waals surface area (Å²) < 4.78 is 0.922. The summed E-state index contributed by atoms with van der Waals surface area (Å²) in [7, 11) is 0. The minimum atomic E-state index is -1.50. The highest BCUT2D eigenvalue weighted by Crippen LogP contribution is 2.28. The maximum Gasteiger partial charge on any atom is 0.254 e. The number of rotatable bonds is 6. The van der Waals surface area contributed by atoms with E-state index in [1.165, 1.54) is 22.5 Å². The molecule has 6 nitrogen and oxygen atoms in total. The number of fused-ring (bicyclic) bond motifs is 1. The van der Waals surface area contributed by atoms with E-state index >= 15 is 0 Å². The van der Waals surface area contributed by atoms with Crippen molar-refractivity contribution in [2.75, 3.05) is 26.2 Å². The zero-order valence-corrected chi connectivity index (χ0v) is 18.8. The monoisotopic (exact) mass is 439 g/mol. The number of piperazine rings is 1. The number of benzene rings is 2. The van der Waals surface area contributed by atoms with Crippen LogP contribution in [0.1, 0.15) is 42.0 Å². The highest BCUT2D eigenvalue weighted by atomic mass is 32.1. The van der Waals surface area contributed by atoms with Crippen molar-refractivity contribution in [3.05, 3.63) is 64.7 Å². The van der Waals surface area contributed by atoms with Gasteiger partial charge in [-0.05, 0) is 29.2 Å². The second kappa shape index (κ2) is 9.44. The maximum absolute atomic E-state index is 12.8. The molecular weight excluding hydrogens is 410 g/mol. The lowest BCUT2D eigenvalue weighted by molar-refractivity contribution is -0.148. The zero-order valence-electron chi connectivity index (χ0n) is 17.9. The molecule has 31 heavy (non-hydrogen) atoms. The summed E-state index contributed by atoms with van der Waals surface area (Å²) in [4.78, 5) is 21.1. The molecule has 1 amide bonds. The van der Waals surface area contributed by atoms with Gasteiger partial charge < -0.3 is 15.1 Å². The van der Waals surface area contributed by atoms with Crippen LogP contribution in [-0.2, 0) is 11.3 Å². The molecule has 1 saturated heterocycles. The van der Waals surface area contributed by atoms with E-state index in [1.54, 1.807) is 4.90 Å². The van der Waals surface area contributed by atoms with Crippen LogP contribution in [0.3, 0.4) is 0 Å². The molecule has 2 N–H and O–H groups in total. The summed E-state index contributed by atoms with van der Waals surface area (Å²) in [5.74, 6) is 0.0841. The Bertz CT molecular complexity index is 993. The molecule has 2 atom stereocenters. The van der Waals surface area contributed by atoms with Gasteiger partial charge in [0.1, 0.15) is 11.1 Å². The number of carbonyl (C=O) groups excluding carboxylic acids is 1. The van der Waals surface area contributed by atoms with Gasteiger partial charge in [-0.15, -0.1) is 11.3 Å². The van der Waals surface area contributed by atoms with Crippen LogP contribution in [0.15, 0.2) is 48.5 Å². The van der Waals surface area contributed by atoms with Gasteiger partial charge >= 0.3 is 0 Å². The number of amides is 1. The number of aliphatic hydroxyl groups is 2. The van der Waals surface area contributed by atoms with Crippen LogP contribution in [0.5, 0.6) is 0 Å². The lowest BCUT2D eigenvalue weighted by Gasteiger charge is -2.36. The van der Waals surface area contributed by atoms with Crippen molar-refractivity contribution in [1.29, 1.82) is 0 Å². The molecule has 0 bridgehead atoms. The Morgan fingerprint density at radius 1 is 1.03 bits per heavy atom. The molecule has 1 fully saturated rings. The average Bonchev–Trinajstić information content (AvgIpc) is 3.23. The number of aliphatic hydroxyl groups excluding tert-OH is 2. The number of hydrogen-bond acceptors (Lipinski definition) is 6. The van der Waals surface area contributed by atoms with Crippen molar-refractivity contribution in [3.8, 4) is 0 Å². The van der Waals surface area contributed by atoms with E-state index in [4.69, 9.17) is 0 Å². The maximum atomic E-state index is 12.8. The Hall–Kier alpha value is -2.32. The molecule has 164 valence electrons. The quantitative estimate of drug-likeness (QED) is 0.617. The second-order valence-corrected chi connectivity index (χ2v) is 9.47. The molecule has 7 heteroatoms. The topological polar surface area (TPSA) is 76.9 Å². The number of hydrogen-bond donors (Lipinski definition) is 2. The summed E-state index contributed by atoms with van der Waals surface area (Å²) in [6, 6.07) is 16.2. The molecule has 2 aromatic carbocycles. The first-order valence-electron chi connectivity index (χ1n) is 10.7. The Balaban J connectivity index is 1.31. The van der Waals surface area contributed by atoms with Crippen LogP contribution in [0.25, 0.3) is 10.2 Å². The van der Waals surface area contributed by atoms with Gasteiger partial charge in [-0.1, -0.05) is 50.2 Å². The van der Waals surface area contributed by atoms with Gasteiger partial charge in [0.15, 0.2) is 6.10 Å². The van der Waals surface area contributed by atoms with Crippen molar-refractivity contribution in [2.24, 2.45) is 0 Å². The third-order valence-electron chi connectivity index (χ3n) is 5.85. The largest absolute Gasteiger partial charge is 0.383 e. The summed E-state index contributed by atoms with van der Waals surface area (Å²) in [6.45, 7) is 7.76. The normalized spacial score (nSPS) is 17.3. The Labute approximate surface area is 186 Å². The number of carbonyl (C=O) groups is 1. The predicted molar refractivity (Wildman–Crippen MR) is 123 cm³/mol. The van der Waals surface area contributed by atoms with Gasteiger partial charge in [-0.3, -0.25) is 9.69 Å². The van der Waals surface area contributed by atoms with E-state index in [2.05, 4.69) is 48.0 Å². The fourth-order valence-electron chi connectivity index (χ4n) is 3.87. The van der Waals surface area contributed by atoms with Crippen LogP contribution >= 0.6 is 11.3 Å². The standard InChI is InChI=1S/C24H29N3O3S/c1-16(2)18-9-7-17(8-10-18)15-26-11-13-27(14-12-26)24(30)22(29)21(28)23-25-19-5-3-4-6-20(19)31-23/h3-10,16,21-22,28-29H,11-15H2,1-2H3. The Morgan fingerprint density at radius 2 is 1.71 bits per heavy atom. The third kappa shape index (κ3) is 4.96. The molecule has 0 aliphatic carbocycles. The van der Waals surface area contributed by atoms with Gasteiger partial charge in [-0.25, -0.2) is 4.98 Å². The number of para-hydroxylation sites is 1. The SMILES string of the molecule is CC(C)c1ccc(CN2CCN(C(=O)C(O)C(O)c3nc4ccccc4s3)CC2)cc1. The van der Waals surface area contributed by atoms with Gasteiger partial charge in [0.25, 0.3) is 5.91 Å². The van der Waals surface area contributed by atoms with Gasteiger partial charge in [0.05, 0.1) is 10.2 Å². The molecule has 1 aliphatic heterocycles. The van der Waals surface area contributed by atoms with E-state index in [0.717, 1.165) is 29.9 Å². The molecular formula is C24H29N3O3S. The van der Waals surface area contributed by atoms with Crippen LogP contribution in [0, 0.1) is 0 Å². The average molecular weight is 440 g/mol. The molecule has 0 spiro atoms. The summed E-state index contributed by atoms with van der Waals surface area (Å²) in [5, 5.41) is 21.4. The minimum Gasteiger partial charge on any atom is -0.383 e. The van der Waals surface area contributed by atoms with Crippen molar-refractivity contribution in [3.63, 3.8) is 0 Å². The fourth-order valence-corrected chi connectivity index (χ4v) is 4.85. The third-order valence-corrected chi connectivity index (χ3v) is 6.96. The van der Waals surface area contributed by atoms with E-state index in [1.807, 2.05) is 24.3 Å². The Kier molecular flexibility index (Phi) is 6.67. The van der Waals surface area contributed by atoms with Gasteiger partial charge in [0, 0.05) is 32.7 Å². The van der Waals surface area contributed by atoms with Crippen LogP contribution in [-0.4, -0.2) is 63.2 Å². The molecule has 2 unspecified atom stereocenters. The predicted octanol–water partition coefficient (Wildman–Crippen LogP) is 3.16. The molecule has 2 heterocycles. The number of thiazole rings is 1. The summed E-state index contributed by atoms with van der Waals surface area (Å²) >= 11 is 1.30. The number of aromatic nitrogens is 1. The summed E-state index contributed by atoms with van der Waals surface area (Å²) in [5.41, 5.74) is 3.35. The first kappa shape index (κ1) is 21.9. The zero-order chi connectivity index (χ0) is 22.0. The molecule has 1 aromatic heterocycles. The molecule has 3 aromatic rings. The highest BCUT2D eigenvalue weighted by molar-refractivity contribution is 7.18. The minimum absolute atomic E-state index is 0.366. The van der Waals surface area contributed by atoms with Crippen molar-refractivity contribution in [2.45, 2.75) is 38.5 Å². The first-order valence-corrected chi connectivity index (χ1v) is 11.6. The Morgan fingerprint density at radius 3 is 2.35 bits per heavy atom. The molecule has 0 radical (unpaired) electrons. The first-order chi connectivity index (χ1) is 14.9. The smallest absolute Gasteiger partial charge is 0.254 e. The van der Waals surface area contributed by atoms with E-state index in [0.29, 0.717) is 24.0 Å². The fraction of sp³-hybridized carbons (Fsp3) is 0.417. The van der Waals surface area contributed by atoms with Crippen LogP contribution in [0.2, 0.25) is 0 Å². The van der Waals surface area contributed by atoms with E-state index in [-0.39, 0.29) is 0 Å². The lowest BCUT2D eigenvalue weighted by atomic mass is 10.0. The van der Waals surface area contributed by atoms with E-state index in [9.17, 15) is 15.0 Å². The second-order valence-electron chi connectivity index (χ2n) is 8.41. The molecule has 0 saturated carbocycles. The van der Waals surface area contributed by atoms with Gasteiger partial charge in [0.2, 0.25) is 0 Å². The van der Waals surface area contributed by atoms with E-state index < -0.39 is 18.1 Å².